The Morgan fingerprint density at radius 1 is 1.30 bits per heavy atom. The van der Waals surface area contributed by atoms with Gasteiger partial charge in [0.25, 0.3) is 0 Å². The van der Waals surface area contributed by atoms with Crippen LogP contribution >= 0.6 is 11.6 Å². The van der Waals surface area contributed by atoms with Gasteiger partial charge in [-0.05, 0) is 36.5 Å². The SMILES string of the molecule is CCc1c(C)cnc(CN2CC(CC(N)=O)c3c(Cl)nc(N)nc32)c1CC. The predicted molar refractivity (Wildman–Crippen MR) is 107 cm³/mol. The number of aromatic nitrogens is 3. The van der Waals surface area contributed by atoms with Gasteiger partial charge in [0, 0.05) is 30.6 Å². The summed E-state index contributed by atoms with van der Waals surface area (Å²) in [6, 6.07) is 0. The highest BCUT2D eigenvalue weighted by molar-refractivity contribution is 6.30. The van der Waals surface area contributed by atoms with E-state index in [1.807, 2.05) is 6.20 Å². The molecule has 0 saturated heterocycles. The van der Waals surface area contributed by atoms with Crippen LogP contribution in [0, 0.1) is 6.92 Å². The quantitative estimate of drug-likeness (QED) is 0.735. The largest absolute Gasteiger partial charge is 0.370 e. The molecule has 3 heterocycles. The predicted octanol–water partition coefficient (Wildman–Crippen LogP) is 2.52. The Balaban J connectivity index is 2.01. The fourth-order valence-electron chi connectivity index (χ4n) is 4.00. The molecule has 0 aromatic carbocycles. The minimum absolute atomic E-state index is 0.116. The van der Waals surface area contributed by atoms with E-state index in [2.05, 4.69) is 40.6 Å². The fraction of sp³-hybridized carbons (Fsp3) is 0.474. The summed E-state index contributed by atoms with van der Waals surface area (Å²) in [6.45, 7) is 7.55. The van der Waals surface area contributed by atoms with Crippen molar-refractivity contribution in [3.63, 3.8) is 0 Å². The minimum atomic E-state index is -0.378. The van der Waals surface area contributed by atoms with E-state index in [-0.39, 0.29) is 29.3 Å². The lowest BCUT2D eigenvalue weighted by atomic mass is 9.97. The Hall–Kier alpha value is -2.41. The third-order valence-electron chi connectivity index (χ3n) is 5.14. The van der Waals surface area contributed by atoms with Gasteiger partial charge in [0.1, 0.15) is 11.0 Å². The van der Waals surface area contributed by atoms with Crippen molar-refractivity contribution in [1.82, 2.24) is 15.0 Å². The number of rotatable bonds is 6. The van der Waals surface area contributed by atoms with Crippen LogP contribution in [0.1, 0.15) is 54.1 Å². The van der Waals surface area contributed by atoms with Crippen LogP contribution in [-0.2, 0) is 24.2 Å². The molecule has 1 amide bonds. The molecule has 1 atom stereocenters. The topological polar surface area (TPSA) is 111 Å². The molecule has 0 aliphatic carbocycles. The van der Waals surface area contributed by atoms with Crippen molar-refractivity contribution in [3.05, 3.63) is 39.3 Å². The number of carbonyl (C=O) groups excluding carboxylic acids is 1. The molecule has 1 aliphatic rings. The van der Waals surface area contributed by atoms with Crippen LogP contribution < -0.4 is 16.4 Å². The molecule has 8 heteroatoms. The maximum Gasteiger partial charge on any atom is 0.223 e. The van der Waals surface area contributed by atoms with E-state index in [1.165, 1.54) is 16.7 Å². The standard InChI is InChI=1S/C19H25ClN6O/c1-4-12-10(3)7-23-14(13(12)5-2)9-26-8-11(6-15(21)27)16-17(20)24-19(22)25-18(16)26/h7,11H,4-6,8-9H2,1-3H3,(H2,21,27)(H2,22,24,25). The summed E-state index contributed by atoms with van der Waals surface area (Å²) in [5.41, 5.74) is 16.8. The van der Waals surface area contributed by atoms with Gasteiger partial charge in [-0.15, -0.1) is 0 Å². The molecule has 0 bridgehead atoms. The summed E-state index contributed by atoms with van der Waals surface area (Å²) in [4.78, 5) is 26.7. The van der Waals surface area contributed by atoms with Gasteiger partial charge in [-0.3, -0.25) is 9.78 Å². The normalized spacial score (nSPS) is 15.9. The first-order chi connectivity index (χ1) is 12.8. The Morgan fingerprint density at radius 3 is 2.63 bits per heavy atom. The van der Waals surface area contributed by atoms with Crippen LogP contribution in [-0.4, -0.2) is 27.4 Å². The summed E-state index contributed by atoms with van der Waals surface area (Å²) in [7, 11) is 0. The number of fused-ring (bicyclic) bond motifs is 1. The third-order valence-corrected chi connectivity index (χ3v) is 5.43. The van der Waals surface area contributed by atoms with Crippen molar-refractivity contribution < 1.29 is 4.79 Å². The van der Waals surface area contributed by atoms with E-state index in [0.29, 0.717) is 18.9 Å². The van der Waals surface area contributed by atoms with E-state index < -0.39 is 0 Å². The van der Waals surface area contributed by atoms with E-state index in [9.17, 15) is 4.79 Å². The van der Waals surface area contributed by atoms with Gasteiger partial charge >= 0.3 is 0 Å². The first-order valence-corrected chi connectivity index (χ1v) is 9.55. The molecule has 0 radical (unpaired) electrons. The van der Waals surface area contributed by atoms with Crippen molar-refractivity contribution in [2.24, 2.45) is 5.73 Å². The number of aryl methyl sites for hydroxylation is 1. The zero-order valence-corrected chi connectivity index (χ0v) is 16.7. The lowest BCUT2D eigenvalue weighted by molar-refractivity contribution is -0.118. The van der Waals surface area contributed by atoms with Crippen molar-refractivity contribution in [2.75, 3.05) is 17.2 Å². The van der Waals surface area contributed by atoms with Gasteiger partial charge < -0.3 is 16.4 Å². The highest BCUT2D eigenvalue weighted by atomic mass is 35.5. The number of carbonyl (C=O) groups is 1. The number of halogens is 1. The summed E-state index contributed by atoms with van der Waals surface area (Å²) in [5.74, 6) is 0.259. The Labute approximate surface area is 164 Å². The maximum atomic E-state index is 11.5. The lowest BCUT2D eigenvalue weighted by Gasteiger charge is -2.22. The van der Waals surface area contributed by atoms with Crippen LogP contribution in [0.4, 0.5) is 11.8 Å². The number of primary amides is 1. The Kier molecular flexibility index (Phi) is 5.51. The molecule has 0 saturated carbocycles. The van der Waals surface area contributed by atoms with Crippen LogP contribution in [0.3, 0.4) is 0 Å². The van der Waals surface area contributed by atoms with Crippen molar-refractivity contribution in [1.29, 1.82) is 0 Å². The van der Waals surface area contributed by atoms with Crippen LogP contribution in [0.15, 0.2) is 6.20 Å². The molecule has 3 rings (SSSR count). The molecular weight excluding hydrogens is 364 g/mol. The molecule has 144 valence electrons. The number of amides is 1. The summed E-state index contributed by atoms with van der Waals surface area (Å²) < 4.78 is 0. The summed E-state index contributed by atoms with van der Waals surface area (Å²) in [6.07, 6.45) is 3.99. The molecule has 4 N–H and O–H groups in total. The van der Waals surface area contributed by atoms with E-state index >= 15 is 0 Å². The van der Waals surface area contributed by atoms with E-state index in [0.717, 1.165) is 24.1 Å². The molecule has 7 nitrogen and oxygen atoms in total. The smallest absolute Gasteiger partial charge is 0.223 e. The third kappa shape index (κ3) is 3.69. The number of hydrogen-bond donors (Lipinski definition) is 2. The molecule has 0 spiro atoms. The molecule has 0 fully saturated rings. The number of hydrogen-bond acceptors (Lipinski definition) is 6. The summed E-state index contributed by atoms with van der Waals surface area (Å²) >= 11 is 6.32. The number of pyridine rings is 1. The zero-order chi connectivity index (χ0) is 19.7. The average molecular weight is 389 g/mol. The van der Waals surface area contributed by atoms with Crippen LogP contribution in [0.25, 0.3) is 0 Å². The van der Waals surface area contributed by atoms with Gasteiger partial charge in [-0.25, -0.2) is 4.98 Å². The van der Waals surface area contributed by atoms with Gasteiger partial charge in [0.15, 0.2) is 0 Å². The number of nitrogens with zero attached hydrogens (tertiary/aromatic N) is 4. The maximum absolute atomic E-state index is 11.5. The zero-order valence-electron chi connectivity index (χ0n) is 15.9. The first kappa shape index (κ1) is 19.4. The summed E-state index contributed by atoms with van der Waals surface area (Å²) in [5, 5.41) is 0.285. The highest BCUT2D eigenvalue weighted by Crippen LogP contribution is 2.41. The number of anilines is 2. The fourth-order valence-corrected chi connectivity index (χ4v) is 4.33. The van der Waals surface area contributed by atoms with Gasteiger partial charge in [-0.2, -0.15) is 4.98 Å². The molecule has 1 aliphatic heterocycles. The number of nitrogen functional groups attached to an aromatic ring is 1. The molecule has 27 heavy (non-hydrogen) atoms. The lowest BCUT2D eigenvalue weighted by Crippen LogP contribution is -2.25. The second-order valence-corrected chi connectivity index (χ2v) is 7.27. The second-order valence-electron chi connectivity index (χ2n) is 6.91. The minimum Gasteiger partial charge on any atom is -0.370 e. The van der Waals surface area contributed by atoms with Gasteiger partial charge in [0.2, 0.25) is 11.9 Å². The average Bonchev–Trinajstić information content (AvgIpc) is 2.92. The van der Waals surface area contributed by atoms with Crippen LogP contribution in [0.2, 0.25) is 5.15 Å². The van der Waals surface area contributed by atoms with Gasteiger partial charge in [-0.1, -0.05) is 25.4 Å². The Bertz CT molecular complexity index is 885. The van der Waals surface area contributed by atoms with Crippen molar-refractivity contribution in [3.8, 4) is 0 Å². The van der Waals surface area contributed by atoms with Crippen LogP contribution in [0.5, 0.6) is 0 Å². The van der Waals surface area contributed by atoms with E-state index in [4.69, 9.17) is 23.1 Å². The Morgan fingerprint density at radius 2 is 2.00 bits per heavy atom. The first-order valence-electron chi connectivity index (χ1n) is 9.18. The molecule has 2 aromatic rings. The second kappa shape index (κ2) is 7.68. The molecule has 1 unspecified atom stereocenters. The molecular formula is C19H25ClN6O. The highest BCUT2D eigenvalue weighted by Gasteiger charge is 2.35. The number of nitrogens with two attached hydrogens (primary N) is 2. The van der Waals surface area contributed by atoms with Gasteiger partial charge in [0.05, 0.1) is 12.2 Å². The molecule has 2 aromatic heterocycles. The monoisotopic (exact) mass is 388 g/mol. The van der Waals surface area contributed by atoms with E-state index in [1.54, 1.807) is 0 Å². The van der Waals surface area contributed by atoms with Crippen molar-refractivity contribution in [2.45, 2.75) is 52.5 Å². The van der Waals surface area contributed by atoms with Crippen molar-refractivity contribution >= 4 is 29.3 Å².